The molecule has 0 heterocycles. The highest BCUT2D eigenvalue weighted by Crippen LogP contribution is 2.19. The van der Waals surface area contributed by atoms with Gasteiger partial charge in [0.15, 0.2) is 6.73 Å². The molecule has 0 aromatic rings. The van der Waals surface area contributed by atoms with Gasteiger partial charge in [0.25, 0.3) is 0 Å². The molecule has 0 aliphatic carbocycles. The molecule has 0 unspecified atom stereocenters. The molecule has 0 aromatic heterocycles. The summed E-state index contributed by atoms with van der Waals surface area (Å²) in [6.45, 7) is 23.0. The molecular formula is C19H42NO+. The van der Waals surface area contributed by atoms with Gasteiger partial charge in [0.2, 0.25) is 0 Å². The molecule has 0 aliphatic heterocycles. The highest BCUT2D eigenvalue weighted by atomic mass is 16.5. The Bertz CT molecular complexity index is 192. The van der Waals surface area contributed by atoms with Crippen molar-refractivity contribution in [2.45, 2.75) is 80.8 Å². The van der Waals surface area contributed by atoms with E-state index in [2.05, 4.69) is 55.4 Å². The lowest BCUT2D eigenvalue weighted by Crippen LogP contribution is -2.52. The van der Waals surface area contributed by atoms with E-state index in [1.54, 1.807) is 0 Å². The van der Waals surface area contributed by atoms with Gasteiger partial charge in [0.05, 0.1) is 25.7 Å². The van der Waals surface area contributed by atoms with E-state index in [-0.39, 0.29) is 0 Å². The van der Waals surface area contributed by atoms with Crippen LogP contribution >= 0.6 is 0 Å². The van der Waals surface area contributed by atoms with Crippen LogP contribution in [-0.4, -0.2) is 37.0 Å². The lowest BCUT2D eigenvalue weighted by atomic mass is 10.0. The highest BCUT2D eigenvalue weighted by Gasteiger charge is 2.28. The van der Waals surface area contributed by atoms with Gasteiger partial charge < -0.3 is 9.22 Å². The van der Waals surface area contributed by atoms with Crippen molar-refractivity contribution >= 4 is 0 Å². The fourth-order valence-corrected chi connectivity index (χ4v) is 2.43. The molecule has 0 atom stereocenters. The number of quaternary nitrogens is 1. The van der Waals surface area contributed by atoms with Crippen molar-refractivity contribution in [2.24, 2.45) is 17.8 Å². The lowest BCUT2D eigenvalue weighted by Gasteiger charge is -2.40. The predicted molar refractivity (Wildman–Crippen MR) is 94.3 cm³/mol. The first-order chi connectivity index (χ1) is 9.67. The lowest BCUT2D eigenvalue weighted by molar-refractivity contribution is -0.948. The third-order valence-corrected chi connectivity index (χ3v) is 4.22. The first-order valence-corrected chi connectivity index (χ1v) is 9.13. The Balaban J connectivity index is 4.85. The maximum atomic E-state index is 6.08. The van der Waals surface area contributed by atoms with Crippen molar-refractivity contribution in [1.29, 1.82) is 0 Å². The first-order valence-electron chi connectivity index (χ1n) is 9.13. The normalized spacial score (nSPS) is 13.1. The van der Waals surface area contributed by atoms with Gasteiger partial charge in [0.1, 0.15) is 0 Å². The van der Waals surface area contributed by atoms with E-state index < -0.39 is 0 Å². The number of rotatable bonds is 12. The summed E-state index contributed by atoms with van der Waals surface area (Å²) in [5, 5.41) is 0. The summed E-state index contributed by atoms with van der Waals surface area (Å²) in [6, 6.07) is 0. The van der Waals surface area contributed by atoms with Gasteiger partial charge >= 0.3 is 0 Å². The average molecular weight is 301 g/mol. The second-order valence-corrected chi connectivity index (χ2v) is 8.40. The molecule has 0 amide bonds. The molecular weight excluding hydrogens is 258 g/mol. The van der Waals surface area contributed by atoms with Crippen LogP contribution in [0.2, 0.25) is 0 Å². The minimum Gasteiger partial charge on any atom is -0.329 e. The van der Waals surface area contributed by atoms with Crippen LogP contribution in [0.5, 0.6) is 0 Å². The van der Waals surface area contributed by atoms with Crippen LogP contribution in [0.4, 0.5) is 0 Å². The van der Waals surface area contributed by atoms with Crippen molar-refractivity contribution in [1.82, 2.24) is 0 Å². The number of ether oxygens (including phenoxy) is 1. The summed E-state index contributed by atoms with van der Waals surface area (Å²) < 4.78 is 7.24. The molecule has 0 bridgehead atoms. The molecule has 0 saturated heterocycles. The Morgan fingerprint density at radius 3 is 1.19 bits per heavy atom. The minimum atomic E-state index is 0.333. The van der Waals surface area contributed by atoms with E-state index in [4.69, 9.17) is 4.74 Å². The highest BCUT2D eigenvalue weighted by molar-refractivity contribution is 4.53. The van der Waals surface area contributed by atoms with E-state index in [9.17, 15) is 0 Å². The topological polar surface area (TPSA) is 9.23 Å². The van der Waals surface area contributed by atoms with Crippen molar-refractivity contribution in [3.8, 4) is 0 Å². The zero-order valence-corrected chi connectivity index (χ0v) is 16.1. The van der Waals surface area contributed by atoms with Gasteiger partial charge in [-0.2, -0.15) is 0 Å². The average Bonchev–Trinajstić information content (AvgIpc) is 2.36. The van der Waals surface area contributed by atoms with E-state index in [0.29, 0.717) is 6.10 Å². The monoisotopic (exact) mass is 300 g/mol. The van der Waals surface area contributed by atoms with Crippen LogP contribution in [0, 0.1) is 17.8 Å². The van der Waals surface area contributed by atoms with Crippen LogP contribution in [-0.2, 0) is 4.74 Å². The van der Waals surface area contributed by atoms with Gasteiger partial charge in [0, 0.05) is 0 Å². The van der Waals surface area contributed by atoms with E-state index in [0.717, 1.165) is 29.0 Å². The quantitative estimate of drug-likeness (QED) is 0.350. The van der Waals surface area contributed by atoms with Gasteiger partial charge in [-0.05, 0) is 50.9 Å². The van der Waals surface area contributed by atoms with Crippen LogP contribution in [0.15, 0.2) is 0 Å². The number of hydrogen-bond donors (Lipinski definition) is 0. The summed E-state index contributed by atoms with van der Waals surface area (Å²) in [5.74, 6) is 2.33. The van der Waals surface area contributed by atoms with Crippen LogP contribution in [0.1, 0.15) is 74.7 Å². The van der Waals surface area contributed by atoms with Crippen LogP contribution in [0.3, 0.4) is 0 Å². The van der Waals surface area contributed by atoms with Crippen molar-refractivity contribution in [3.05, 3.63) is 0 Å². The van der Waals surface area contributed by atoms with Crippen molar-refractivity contribution < 1.29 is 9.22 Å². The van der Waals surface area contributed by atoms with E-state index in [1.165, 1.54) is 38.9 Å². The fourth-order valence-electron chi connectivity index (χ4n) is 2.43. The Hall–Kier alpha value is -0.0800. The largest absolute Gasteiger partial charge is 0.329 e. The van der Waals surface area contributed by atoms with Gasteiger partial charge in [-0.25, -0.2) is 0 Å². The minimum absolute atomic E-state index is 0.333. The molecule has 0 fully saturated rings. The van der Waals surface area contributed by atoms with Crippen LogP contribution < -0.4 is 0 Å². The second kappa shape index (κ2) is 10.6. The third kappa shape index (κ3) is 11.2. The Morgan fingerprint density at radius 1 is 0.619 bits per heavy atom. The molecule has 0 saturated carbocycles. The summed E-state index contributed by atoms with van der Waals surface area (Å²) in [7, 11) is 0. The maximum Gasteiger partial charge on any atom is 0.183 e. The van der Waals surface area contributed by atoms with Crippen molar-refractivity contribution in [3.63, 3.8) is 0 Å². The molecule has 128 valence electrons. The summed E-state index contributed by atoms with van der Waals surface area (Å²) in [4.78, 5) is 0. The SMILES string of the molecule is CC(C)CC[N+](CCC(C)C)(CCC(C)C)COC(C)C. The molecule has 2 heteroatoms. The van der Waals surface area contributed by atoms with Gasteiger partial charge in [-0.3, -0.25) is 0 Å². The summed E-state index contributed by atoms with van der Waals surface area (Å²) >= 11 is 0. The number of hydrogen-bond acceptors (Lipinski definition) is 1. The Kier molecular flexibility index (Phi) is 10.6. The van der Waals surface area contributed by atoms with Gasteiger partial charge in [-0.15, -0.1) is 0 Å². The van der Waals surface area contributed by atoms with E-state index in [1.807, 2.05) is 0 Å². The van der Waals surface area contributed by atoms with Crippen molar-refractivity contribution in [2.75, 3.05) is 26.4 Å². The third-order valence-electron chi connectivity index (χ3n) is 4.22. The standard InChI is InChI=1S/C19H42NO/c1-16(2)9-12-20(13-10-17(3)4,14-11-18(5)6)15-21-19(7)8/h16-19H,9-15H2,1-8H3/q+1. The molecule has 0 rings (SSSR count). The smallest absolute Gasteiger partial charge is 0.183 e. The predicted octanol–water partition coefficient (Wildman–Crippen LogP) is 5.32. The van der Waals surface area contributed by atoms with E-state index >= 15 is 0 Å². The zero-order valence-electron chi connectivity index (χ0n) is 16.1. The van der Waals surface area contributed by atoms with Gasteiger partial charge in [-0.1, -0.05) is 41.5 Å². The zero-order chi connectivity index (χ0) is 16.5. The summed E-state index contributed by atoms with van der Waals surface area (Å²) in [6.07, 6.45) is 4.24. The molecule has 2 nitrogen and oxygen atoms in total. The first kappa shape index (κ1) is 20.9. The maximum absolute atomic E-state index is 6.08. The molecule has 0 N–H and O–H groups in total. The molecule has 0 spiro atoms. The number of nitrogens with zero attached hydrogens (tertiary/aromatic N) is 1. The molecule has 0 radical (unpaired) electrons. The molecule has 0 aromatic carbocycles. The fraction of sp³-hybridized carbons (Fsp3) is 1.00. The molecule has 0 aliphatic rings. The summed E-state index contributed by atoms with van der Waals surface area (Å²) in [5.41, 5.74) is 0. The second-order valence-electron chi connectivity index (χ2n) is 8.40. The molecule has 21 heavy (non-hydrogen) atoms. The Labute approximate surface area is 134 Å². The Morgan fingerprint density at radius 2 is 0.952 bits per heavy atom. The van der Waals surface area contributed by atoms with Crippen LogP contribution in [0.25, 0.3) is 0 Å².